The molecule has 1 aromatic heterocycles. The van der Waals surface area contributed by atoms with Crippen molar-refractivity contribution in [2.45, 2.75) is 20.4 Å². The standard InChI is InChI=1S/C19H18FN3O/c1-12-3-7-15(8-4-12)18-10-17(19(21)24)22-23(18)11-14-6-5-13(2)16(20)9-14/h3-10H,11H2,1-2H3,(H2,21,24). The molecule has 3 aromatic rings. The number of carbonyl (C=O) groups excluding carboxylic acids is 1. The maximum absolute atomic E-state index is 13.8. The second kappa shape index (κ2) is 6.28. The van der Waals surface area contributed by atoms with Gasteiger partial charge in [0.05, 0.1) is 12.2 Å². The first kappa shape index (κ1) is 15.9. The lowest BCUT2D eigenvalue weighted by Gasteiger charge is -2.09. The quantitative estimate of drug-likeness (QED) is 0.799. The maximum Gasteiger partial charge on any atom is 0.269 e. The van der Waals surface area contributed by atoms with Crippen LogP contribution in [0, 0.1) is 19.7 Å². The molecule has 0 aliphatic heterocycles. The zero-order chi connectivity index (χ0) is 17.3. The average Bonchev–Trinajstić information content (AvgIpc) is 2.96. The molecule has 1 heterocycles. The molecule has 4 nitrogen and oxygen atoms in total. The molecule has 0 bridgehead atoms. The summed E-state index contributed by atoms with van der Waals surface area (Å²) < 4.78 is 15.5. The molecule has 0 fully saturated rings. The highest BCUT2D eigenvalue weighted by Gasteiger charge is 2.14. The molecule has 0 spiro atoms. The molecule has 24 heavy (non-hydrogen) atoms. The molecule has 2 N–H and O–H groups in total. The Morgan fingerprint density at radius 1 is 1.12 bits per heavy atom. The number of nitrogens with two attached hydrogens (primary N) is 1. The number of aryl methyl sites for hydroxylation is 2. The van der Waals surface area contributed by atoms with Crippen molar-refractivity contribution in [3.63, 3.8) is 0 Å². The van der Waals surface area contributed by atoms with E-state index in [0.29, 0.717) is 12.1 Å². The predicted octanol–water partition coefficient (Wildman–Crippen LogP) is 3.45. The minimum absolute atomic E-state index is 0.193. The number of carbonyl (C=O) groups is 1. The summed E-state index contributed by atoms with van der Waals surface area (Å²) in [6, 6.07) is 14.6. The van der Waals surface area contributed by atoms with Gasteiger partial charge in [-0.05, 0) is 42.7 Å². The van der Waals surface area contributed by atoms with Crippen LogP contribution in [0.25, 0.3) is 11.3 Å². The Kier molecular flexibility index (Phi) is 4.16. The summed E-state index contributed by atoms with van der Waals surface area (Å²) in [6.45, 7) is 4.08. The summed E-state index contributed by atoms with van der Waals surface area (Å²) in [5.41, 5.74) is 9.75. The first-order valence-corrected chi connectivity index (χ1v) is 7.64. The number of aromatic nitrogens is 2. The Morgan fingerprint density at radius 2 is 1.83 bits per heavy atom. The van der Waals surface area contributed by atoms with E-state index in [0.717, 1.165) is 22.4 Å². The smallest absolute Gasteiger partial charge is 0.269 e. The van der Waals surface area contributed by atoms with Gasteiger partial charge in [-0.15, -0.1) is 0 Å². The van der Waals surface area contributed by atoms with E-state index in [4.69, 9.17) is 5.73 Å². The van der Waals surface area contributed by atoms with Gasteiger partial charge < -0.3 is 5.73 Å². The monoisotopic (exact) mass is 323 g/mol. The first-order valence-electron chi connectivity index (χ1n) is 7.64. The van der Waals surface area contributed by atoms with Crippen LogP contribution in [0.1, 0.15) is 27.2 Å². The summed E-state index contributed by atoms with van der Waals surface area (Å²) in [4.78, 5) is 11.5. The molecule has 0 atom stereocenters. The first-order chi connectivity index (χ1) is 11.4. The van der Waals surface area contributed by atoms with Crippen LogP contribution in [0.2, 0.25) is 0 Å². The van der Waals surface area contributed by atoms with Crippen molar-refractivity contribution in [1.82, 2.24) is 9.78 Å². The number of rotatable bonds is 4. The number of hydrogen-bond acceptors (Lipinski definition) is 2. The fourth-order valence-corrected chi connectivity index (χ4v) is 2.52. The van der Waals surface area contributed by atoms with E-state index < -0.39 is 5.91 Å². The van der Waals surface area contributed by atoms with Crippen molar-refractivity contribution in [2.75, 3.05) is 0 Å². The third-order valence-corrected chi connectivity index (χ3v) is 3.95. The van der Waals surface area contributed by atoms with Gasteiger partial charge in [-0.1, -0.05) is 42.0 Å². The largest absolute Gasteiger partial charge is 0.364 e. The van der Waals surface area contributed by atoms with Crippen LogP contribution in [0.15, 0.2) is 48.5 Å². The summed E-state index contributed by atoms with van der Waals surface area (Å²) in [6.07, 6.45) is 0. The van der Waals surface area contributed by atoms with E-state index in [1.54, 1.807) is 23.7 Å². The highest BCUT2D eigenvalue weighted by Crippen LogP contribution is 2.22. The van der Waals surface area contributed by atoms with Crippen LogP contribution in [0.4, 0.5) is 4.39 Å². The fraction of sp³-hybridized carbons (Fsp3) is 0.158. The number of hydrogen-bond donors (Lipinski definition) is 1. The lowest BCUT2D eigenvalue weighted by atomic mass is 10.1. The highest BCUT2D eigenvalue weighted by atomic mass is 19.1. The van der Waals surface area contributed by atoms with Crippen molar-refractivity contribution < 1.29 is 9.18 Å². The van der Waals surface area contributed by atoms with E-state index in [1.165, 1.54) is 6.07 Å². The average molecular weight is 323 g/mol. The summed E-state index contributed by atoms with van der Waals surface area (Å²) in [5.74, 6) is -0.844. The van der Waals surface area contributed by atoms with Crippen molar-refractivity contribution in [1.29, 1.82) is 0 Å². The van der Waals surface area contributed by atoms with E-state index >= 15 is 0 Å². The molecule has 0 radical (unpaired) electrons. The SMILES string of the molecule is Cc1ccc(-c2cc(C(N)=O)nn2Cc2ccc(C)c(F)c2)cc1. The Labute approximate surface area is 139 Å². The van der Waals surface area contributed by atoms with E-state index in [-0.39, 0.29) is 11.5 Å². The fourth-order valence-electron chi connectivity index (χ4n) is 2.52. The lowest BCUT2D eigenvalue weighted by Crippen LogP contribution is -2.13. The van der Waals surface area contributed by atoms with Gasteiger partial charge in [0.25, 0.3) is 5.91 Å². The molecule has 0 saturated heterocycles. The van der Waals surface area contributed by atoms with Crippen LogP contribution < -0.4 is 5.73 Å². The van der Waals surface area contributed by atoms with Crippen LogP contribution in [-0.2, 0) is 6.54 Å². The van der Waals surface area contributed by atoms with Crippen molar-refractivity contribution in [3.8, 4) is 11.3 Å². The molecule has 1 amide bonds. The van der Waals surface area contributed by atoms with Gasteiger partial charge in [0.2, 0.25) is 0 Å². The number of halogens is 1. The normalized spacial score (nSPS) is 10.8. The number of amides is 1. The second-order valence-corrected chi connectivity index (χ2v) is 5.89. The minimum atomic E-state index is -0.586. The van der Waals surface area contributed by atoms with Crippen LogP contribution in [0.3, 0.4) is 0 Å². The van der Waals surface area contributed by atoms with E-state index in [1.807, 2.05) is 37.3 Å². The van der Waals surface area contributed by atoms with Gasteiger partial charge in [-0.2, -0.15) is 5.10 Å². The molecule has 3 rings (SSSR count). The molecule has 5 heteroatoms. The predicted molar refractivity (Wildman–Crippen MR) is 91.2 cm³/mol. The Bertz CT molecular complexity index is 897. The van der Waals surface area contributed by atoms with E-state index in [9.17, 15) is 9.18 Å². The molecule has 0 aliphatic rings. The molecular formula is C19H18FN3O. The summed E-state index contributed by atoms with van der Waals surface area (Å²) in [5, 5.41) is 4.28. The Hall–Kier alpha value is -2.95. The van der Waals surface area contributed by atoms with Gasteiger partial charge in [-0.3, -0.25) is 9.48 Å². The molecule has 0 unspecified atom stereocenters. The van der Waals surface area contributed by atoms with Crippen molar-refractivity contribution >= 4 is 5.91 Å². The summed E-state index contributed by atoms with van der Waals surface area (Å²) in [7, 11) is 0. The summed E-state index contributed by atoms with van der Waals surface area (Å²) >= 11 is 0. The minimum Gasteiger partial charge on any atom is -0.364 e. The van der Waals surface area contributed by atoms with Crippen molar-refractivity contribution in [2.24, 2.45) is 5.73 Å². The zero-order valence-electron chi connectivity index (χ0n) is 13.6. The van der Waals surface area contributed by atoms with Crippen molar-refractivity contribution in [3.05, 3.63) is 76.7 Å². The number of nitrogens with zero attached hydrogens (tertiary/aromatic N) is 2. The van der Waals surface area contributed by atoms with Crippen LogP contribution in [0.5, 0.6) is 0 Å². The molecule has 0 saturated carbocycles. The lowest BCUT2D eigenvalue weighted by molar-refractivity contribution is 0.0995. The third-order valence-electron chi connectivity index (χ3n) is 3.95. The molecule has 0 aliphatic carbocycles. The third kappa shape index (κ3) is 3.20. The topological polar surface area (TPSA) is 60.9 Å². The van der Waals surface area contributed by atoms with Gasteiger partial charge in [0.15, 0.2) is 5.69 Å². The molecule has 122 valence electrons. The zero-order valence-corrected chi connectivity index (χ0v) is 13.6. The van der Waals surface area contributed by atoms with E-state index in [2.05, 4.69) is 5.10 Å². The highest BCUT2D eigenvalue weighted by molar-refractivity contribution is 5.92. The maximum atomic E-state index is 13.8. The van der Waals surface area contributed by atoms with Gasteiger partial charge in [0, 0.05) is 0 Å². The van der Waals surface area contributed by atoms with Crippen LogP contribution >= 0.6 is 0 Å². The Balaban J connectivity index is 2.03. The number of benzene rings is 2. The molecular weight excluding hydrogens is 305 g/mol. The molecule has 2 aromatic carbocycles. The van der Waals surface area contributed by atoms with Gasteiger partial charge >= 0.3 is 0 Å². The number of primary amides is 1. The van der Waals surface area contributed by atoms with Gasteiger partial charge in [-0.25, -0.2) is 4.39 Å². The Morgan fingerprint density at radius 3 is 2.46 bits per heavy atom. The second-order valence-electron chi connectivity index (χ2n) is 5.89. The van der Waals surface area contributed by atoms with Crippen LogP contribution in [-0.4, -0.2) is 15.7 Å². The van der Waals surface area contributed by atoms with Gasteiger partial charge in [0.1, 0.15) is 5.82 Å².